The minimum atomic E-state index is -3.72. The lowest BCUT2D eigenvalue weighted by Gasteiger charge is -2.29. The molecule has 1 fully saturated rings. The van der Waals surface area contributed by atoms with E-state index in [0.29, 0.717) is 0 Å². The fraction of sp³-hybridized carbons (Fsp3) is 0.882. The van der Waals surface area contributed by atoms with Gasteiger partial charge in [-0.15, -0.1) is 0 Å². The topological polar surface area (TPSA) is 163 Å². The highest BCUT2D eigenvalue weighted by molar-refractivity contribution is 7.86. The highest BCUT2D eigenvalue weighted by Crippen LogP contribution is 2.29. The van der Waals surface area contributed by atoms with Crippen LogP contribution >= 0.6 is 0 Å². The van der Waals surface area contributed by atoms with E-state index in [1.807, 2.05) is 0 Å². The van der Waals surface area contributed by atoms with E-state index < -0.39 is 61.1 Å². The zero-order valence-electron chi connectivity index (χ0n) is 19.0. The van der Waals surface area contributed by atoms with Crippen LogP contribution in [0.3, 0.4) is 0 Å². The summed E-state index contributed by atoms with van der Waals surface area (Å²) in [4.78, 5) is 25.6. The molecule has 0 unspecified atom stereocenters. The zero-order chi connectivity index (χ0) is 24.5. The molecule has 1 heterocycles. The molecule has 2 atom stereocenters. The van der Waals surface area contributed by atoms with Gasteiger partial charge in [0.2, 0.25) is 0 Å². The highest BCUT2D eigenvalue weighted by atomic mass is 32.2. The molecular formula is C17H32N2O10S2. The van der Waals surface area contributed by atoms with Gasteiger partial charge in [0.1, 0.15) is 0 Å². The van der Waals surface area contributed by atoms with E-state index in [4.69, 9.17) is 17.8 Å². The van der Waals surface area contributed by atoms with Crippen molar-refractivity contribution in [2.75, 3.05) is 25.7 Å². The van der Waals surface area contributed by atoms with Gasteiger partial charge in [-0.3, -0.25) is 18.0 Å². The number of hydrogen-bond acceptors (Lipinski definition) is 10. The summed E-state index contributed by atoms with van der Waals surface area (Å²) in [5.41, 5.74) is -2.19. The zero-order valence-corrected chi connectivity index (χ0v) is 20.6. The van der Waals surface area contributed by atoms with E-state index in [1.165, 1.54) is 41.5 Å². The maximum absolute atomic E-state index is 12.8. The molecule has 2 N–H and O–H groups in total. The quantitative estimate of drug-likeness (QED) is 0.374. The number of nitrogens with one attached hydrogen (secondary N) is 2. The minimum absolute atomic E-state index is 0.332. The Bertz CT molecular complexity index is 822. The second-order valence-corrected chi connectivity index (χ2v) is 12.4. The molecule has 0 aliphatic carbocycles. The van der Waals surface area contributed by atoms with Crippen molar-refractivity contribution in [1.82, 2.24) is 10.6 Å². The van der Waals surface area contributed by atoms with Gasteiger partial charge in [-0.05, 0) is 41.5 Å². The van der Waals surface area contributed by atoms with Gasteiger partial charge in [0, 0.05) is 0 Å². The first-order valence-electron chi connectivity index (χ1n) is 9.30. The molecule has 12 nitrogen and oxygen atoms in total. The van der Waals surface area contributed by atoms with Gasteiger partial charge in [-0.1, -0.05) is 0 Å². The number of ether oxygens (including phenoxy) is 2. The van der Waals surface area contributed by atoms with Crippen LogP contribution in [-0.2, 0) is 47.7 Å². The SMILES string of the molecule is CC(C)(COS(C)(=O)=O)NC(=O)[C@@H]1OC(C)(C)O[C@H]1C(=O)NC(C)(C)COS(C)(=O)=O. The van der Waals surface area contributed by atoms with Crippen LogP contribution in [0.4, 0.5) is 0 Å². The molecule has 14 heteroatoms. The molecule has 1 aliphatic rings. The molecule has 0 radical (unpaired) electrons. The summed E-state index contributed by atoms with van der Waals surface area (Å²) >= 11 is 0. The predicted octanol–water partition coefficient (Wildman–Crippen LogP) is -0.751. The summed E-state index contributed by atoms with van der Waals surface area (Å²) in [6.07, 6.45) is -0.924. The average molecular weight is 489 g/mol. The first-order valence-corrected chi connectivity index (χ1v) is 12.9. The lowest BCUT2D eigenvalue weighted by Crippen LogP contribution is -2.57. The number of carbonyl (C=O) groups is 2. The predicted molar refractivity (Wildman–Crippen MR) is 110 cm³/mol. The van der Waals surface area contributed by atoms with Crippen molar-refractivity contribution in [1.29, 1.82) is 0 Å². The van der Waals surface area contributed by atoms with Crippen molar-refractivity contribution in [3.8, 4) is 0 Å². The molecule has 0 aromatic carbocycles. The maximum Gasteiger partial charge on any atom is 0.264 e. The van der Waals surface area contributed by atoms with Gasteiger partial charge >= 0.3 is 0 Å². The molecule has 0 spiro atoms. The van der Waals surface area contributed by atoms with Crippen molar-refractivity contribution < 1.29 is 44.3 Å². The standard InChI is InChI=1S/C17H32N2O10S2/c1-15(2,9-26-30(7,22)23)18-13(20)11-12(29-17(5,6)28-11)14(21)19-16(3,4)10-27-31(8,24)25/h11-12H,9-10H2,1-8H3,(H,18,20)(H,19,21)/t11-,12-/m1/s1. The van der Waals surface area contributed by atoms with Crippen molar-refractivity contribution in [2.45, 2.75) is 70.6 Å². The normalized spacial score (nSPS) is 22.2. The van der Waals surface area contributed by atoms with Crippen LogP contribution in [0.15, 0.2) is 0 Å². The minimum Gasteiger partial charge on any atom is -0.346 e. The fourth-order valence-corrected chi connectivity index (χ4v) is 3.55. The lowest BCUT2D eigenvalue weighted by molar-refractivity contribution is -0.160. The molecule has 0 aromatic rings. The number of rotatable bonds is 10. The van der Waals surface area contributed by atoms with E-state index in [0.717, 1.165) is 12.5 Å². The smallest absolute Gasteiger partial charge is 0.264 e. The third-order valence-electron chi connectivity index (χ3n) is 3.80. The van der Waals surface area contributed by atoms with Gasteiger partial charge in [0.15, 0.2) is 18.0 Å². The van der Waals surface area contributed by atoms with E-state index in [1.54, 1.807) is 0 Å². The van der Waals surface area contributed by atoms with E-state index in [-0.39, 0.29) is 13.2 Å². The Morgan fingerprint density at radius 2 is 1.10 bits per heavy atom. The van der Waals surface area contributed by atoms with Crippen LogP contribution < -0.4 is 10.6 Å². The molecule has 1 saturated heterocycles. The van der Waals surface area contributed by atoms with E-state index >= 15 is 0 Å². The van der Waals surface area contributed by atoms with Crippen LogP contribution in [0.2, 0.25) is 0 Å². The largest absolute Gasteiger partial charge is 0.346 e. The van der Waals surface area contributed by atoms with Gasteiger partial charge in [0.05, 0.1) is 36.8 Å². The van der Waals surface area contributed by atoms with Gasteiger partial charge in [-0.25, -0.2) is 0 Å². The fourth-order valence-electron chi connectivity index (χ4n) is 2.54. The molecule has 0 bridgehead atoms. The second kappa shape index (κ2) is 9.27. The van der Waals surface area contributed by atoms with Gasteiger partial charge in [0.25, 0.3) is 32.1 Å². The Balaban J connectivity index is 2.91. The molecule has 0 aromatic heterocycles. The van der Waals surface area contributed by atoms with Crippen LogP contribution in [0.1, 0.15) is 41.5 Å². The second-order valence-electron chi connectivity index (χ2n) is 9.16. The van der Waals surface area contributed by atoms with Crippen molar-refractivity contribution in [3.63, 3.8) is 0 Å². The van der Waals surface area contributed by atoms with E-state index in [2.05, 4.69) is 10.6 Å². The lowest BCUT2D eigenvalue weighted by atomic mass is 10.0. The Morgan fingerprint density at radius 1 is 0.806 bits per heavy atom. The van der Waals surface area contributed by atoms with Crippen molar-refractivity contribution in [3.05, 3.63) is 0 Å². The van der Waals surface area contributed by atoms with Gasteiger partial charge < -0.3 is 20.1 Å². The summed E-state index contributed by atoms with van der Waals surface area (Å²) in [7, 11) is -7.43. The van der Waals surface area contributed by atoms with Crippen LogP contribution in [0, 0.1) is 0 Å². The van der Waals surface area contributed by atoms with Crippen molar-refractivity contribution >= 4 is 32.1 Å². The average Bonchev–Trinajstić information content (AvgIpc) is 2.86. The van der Waals surface area contributed by atoms with Crippen LogP contribution in [0.25, 0.3) is 0 Å². The monoisotopic (exact) mass is 488 g/mol. The van der Waals surface area contributed by atoms with Crippen molar-refractivity contribution in [2.24, 2.45) is 0 Å². The third-order valence-corrected chi connectivity index (χ3v) is 4.90. The number of amides is 2. The summed E-state index contributed by atoms with van der Waals surface area (Å²) in [6, 6.07) is 0. The Labute approximate surface area is 183 Å². The Hall–Kier alpha value is -1.32. The molecule has 0 saturated carbocycles. The third kappa shape index (κ3) is 10.2. The Kier molecular flexibility index (Phi) is 8.29. The highest BCUT2D eigenvalue weighted by Gasteiger charge is 2.50. The molecular weight excluding hydrogens is 456 g/mol. The molecule has 1 aliphatic heterocycles. The maximum atomic E-state index is 12.8. The Morgan fingerprint density at radius 3 is 1.35 bits per heavy atom. The molecule has 2 amide bonds. The molecule has 1 rings (SSSR count). The number of carbonyl (C=O) groups excluding carboxylic acids is 2. The van der Waals surface area contributed by atoms with Gasteiger partial charge in [-0.2, -0.15) is 16.8 Å². The van der Waals surface area contributed by atoms with Crippen LogP contribution in [0.5, 0.6) is 0 Å². The molecule has 31 heavy (non-hydrogen) atoms. The first kappa shape index (κ1) is 27.7. The summed E-state index contributed by atoms with van der Waals surface area (Å²) < 4.78 is 65.5. The number of hydrogen-bond donors (Lipinski definition) is 2. The summed E-state index contributed by atoms with van der Waals surface area (Å²) in [5, 5.41) is 5.17. The molecule has 182 valence electrons. The van der Waals surface area contributed by atoms with Crippen LogP contribution in [-0.4, -0.2) is 83.4 Å². The summed E-state index contributed by atoms with van der Waals surface area (Å²) in [5.74, 6) is -2.68. The first-order chi connectivity index (χ1) is 13.6. The summed E-state index contributed by atoms with van der Waals surface area (Å²) in [6.45, 7) is 8.54. The van der Waals surface area contributed by atoms with E-state index in [9.17, 15) is 26.4 Å².